The number of ether oxygens (including phenoxy) is 1. The molecule has 0 atom stereocenters. The van der Waals surface area contributed by atoms with Crippen molar-refractivity contribution in [2.75, 3.05) is 19.7 Å². The Labute approximate surface area is 180 Å². The molecule has 1 aliphatic heterocycles. The van der Waals surface area contributed by atoms with Crippen LogP contribution in [0.15, 0.2) is 57.9 Å². The molecule has 1 fully saturated rings. The topological polar surface area (TPSA) is 75.7 Å². The average Bonchev–Trinajstić information content (AvgIpc) is 3.27. The van der Waals surface area contributed by atoms with E-state index in [-0.39, 0.29) is 5.91 Å². The van der Waals surface area contributed by atoms with Crippen molar-refractivity contribution < 1.29 is 17.9 Å². The van der Waals surface area contributed by atoms with Crippen LogP contribution in [0.2, 0.25) is 0 Å². The second kappa shape index (κ2) is 10.2. The third-order valence-corrected chi connectivity index (χ3v) is 7.33. The molecule has 29 heavy (non-hydrogen) atoms. The second-order valence-corrected chi connectivity index (χ2v) is 9.71. The van der Waals surface area contributed by atoms with Crippen molar-refractivity contribution in [3.63, 3.8) is 0 Å². The predicted molar refractivity (Wildman–Crippen MR) is 115 cm³/mol. The number of amides is 1. The lowest BCUT2D eigenvalue weighted by Gasteiger charge is -2.15. The summed E-state index contributed by atoms with van der Waals surface area (Å²) < 4.78 is 33.1. The summed E-state index contributed by atoms with van der Waals surface area (Å²) in [6.07, 6.45) is 2.81. The van der Waals surface area contributed by atoms with E-state index in [1.807, 2.05) is 24.3 Å². The molecule has 2 aromatic carbocycles. The van der Waals surface area contributed by atoms with Crippen LogP contribution < -0.4 is 10.1 Å². The highest BCUT2D eigenvalue weighted by atomic mass is 79.9. The van der Waals surface area contributed by atoms with Gasteiger partial charge in [0, 0.05) is 26.1 Å². The molecule has 0 saturated carbocycles. The highest BCUT2D eigenvalue weighted by Crippen LogP contribution is 2.24. The van der Waals surface area contributed by atoms with Gasteiger partial charge in [-0.2, -0.15) is 4.31 Å². The Morgan fingerprint density at radius 1 is 1.07 bits per heavy atom. The zero-order valence-electron chi connectivity index (χ0n) is 16.1. The summed E-state index contributed by atoms with van der Waals surface area (Å²) in [5, 5.41) is 2.86. The summed E-state index contributed by atoms with van der Waals surface area (Å²) in [7, 11) is -3.40. The number of hydrogen-bond acceptors (Lipinski definition) is 4. The molecule has 1 aliphatic rings. The van der Waals surface area contributed by atoms with Crippen LogP contribution in [-0.4, -0.2) is 38.3 Å². The van der Waals surface area contributed by atoms with Crippen molar-refractivity contribution in [3.8, 4) is 5.75 Å². The first-order chi connectivity index (χ1) is 14.0. The normalized spacial score (nSPS) is 14.7. The Balaban J connectivity index is 1.40. The van der Waals surface area contributed by atoms with Gasteiger partial charge in [0.1, 0.15) is 5.75 Å². The highest BCUT2D eigenvalue weighted by molar-refractivity contribution is 9.10. The molecule has 0 unspecified atom stereocenters. The zero-order chi connectivity index (χ0) is 20.7. The molecule has 0 bridgehead atoms. The first-order valence-electron chi connectivity index (χ1n) is 9.70. The summed E-state index contributed by atoms with van der Waals surface area (Å²) in [5.41, 5.74) is 0.864. The number of rotatable bonds is 9. The van der Waals surface area contributed by atoms with Gasteiger partial charge in [-0.1, -0.05) is 24.3 Å². The van der Waals surface area contributed by atoms with E-state index in [9.17, 15) is 13.2 Å². The maximum Gasteiger partial charge on any atom is 0.243 e. The Hall–Kier alpha value is -1.90. The van der Waals surface area contributed by atoms with Crippen LogP contribution >= 0.6 is 15.9 Å². The number of para-hydroxylation sites is 1. The molecule has 1 heterocycles. The van der Waals surface area contributed by atoms with E-state index in [1.54, 1.807) is 24.3 Å². The lowest BCUT2D eigenvalue weighted by molar-refractivity contribution is -0.121. The monoisotopic (exact) mass is 480 g/mol. The molecular formula is C21H25BrN2O4S. The number of hydrogen-bond donors (Lipinski definition) is 1. The van der Waals surface area contributed by atoms with Gasteiger partial charge in [0.2, 0.25) is 15.9 Å². The van der Waals surface area contributed by atoms with Crippen molar-refractivity contribution in [2.24, 2.45) is 0 Å². The Morgan fingerprint density at radius 2 is 1.76 bits per heavy atom. The lowest BCUT2D eigenvalue weighted by atomic mass is 10.2. The Morgan fingerprint density at radius 3 is 2.45 bits per heavy atom. The van der Waals surface area contributed by atoms with E-state index in [1.165, 1.54) is 4.31 Å². The van der Waals surface area contributed by atoms with Crippen molar-refractivity contribution >= 4 is 31.9 Å². The maximum absolute atomic E-state index is 12.5. The molecule has 1 saturated heterocycles. The summed E-state index contributed by atoms with van der Waals surface area (Å²) in [4.78, 5) is 12.3. The van der Waals surface area contributed by atoms with Crippen molar-refractivity contribution in [2.45, 2.75) is 37.1 Å². The van der Waals surface area contributed by atoms with Gasteiger partial charge >= 0.3 is 0 Å². The first-order valence-corrected chi connectivity index (χ1v) is 11.9. The van der Waals surface area contributed by atoms with E-state index >= 15 is 0 Å². The maximum atomic E-state index is 12.5. The minimum absolute atomic E-state index is 0.0607. The molecule has 0 aliphatic carbocycles. The molecule has 6 nitrogen and oxygen atoms in total. The quantitative estimate of drug-likeness (QED) is 0.555. The average molecular weight is 481 g/mol. The fourth-order valence-electron chi connectivity index (χ4n) is 3.12. The van der Waals surface area contributed by atoms with Crippen LogP contribution in [-0.2, 0) is 21.4 Å². The van der Waals surface area contributed by atoms with Gasteiger partial charge in [-0.3, -0.25) is 4.79 Å². The highest BCUT2D eigenvalue weighted by Gasteiger charge is 2.26. The summed E-state index contributed by atoms with van der Waals surface area (Å²) >= 11 is 3.42. The summed E-state index contributed by atoms with van der Waals surface area (Å²) in [6, 6.07) is 14.3. The largest absolute Gasteiger partial charge is 0.492 e. The number of nitrogens with zero attached hydrogens (tertiary/aromatic N) is 1. The fourth-order valence-corrected chi connectivity index (χ4v) is 5.04. The number of sulfonamides is 1. The van der Waals surface area contributed by atoms with Gasteiger partial charge in [-0.25, -0.2) is 8.42 Å². The molecule has 1 N–H and O–H groups in total. The summed E-state index contributed by atoms with van der Waals surface area (Å²) in [6.45, 7) is 2.00. The Bertz CT molecular complexity index is 926. The van der Waals surface area contributed by atoms with Crippen LogP contribution in [0, 0.1) is 0 Å². The van der Waals surface area contributed by atoms with Crippen molar-refractivity contribution in [1.29, 1.82) is 0 Å². The molecule has 0 radical (unpaired) electrons. The fraction of sp³-hybridized carbons (Fsp3) is 0.381. The van der Waals surface area contributed by atoms with Crippen molar-refractivity contribution in [3.05, 3.63) is 58.6 Å². The summed E-state index contributed by atoms with van der Waals surface area (Å²) in [5.74, 6) is 0.700. The van der Waals surface area contributed by atoms with Gasteiger partial charge in [0.15, 0.2) is 0 Å². The number of benzene rings is 2. The Kier molecular flexibility index (Phi) is 7.69. The molecule has 8 heteroatoms. The predicted octanol–water partition coefficient (Wildman–Crippen LogP) is 3.71. The lowest BCUT2D eigenvalue weighted by Crippen LogP contribution is -2.28. The zero-order valence-corrected chi connectivity index (χ0v) is 18.5. The second-order valence-electron chi connectivity index (χ2n) is 6.91. The van der Waals surface area contributed by atoms with E-state index in [0.29, 0.717) is 44.0 Å². The van der Waals surface area contributed by atoms with Crippen LogP contribution in [0.4, 0.5) is 0 Å². The van der Waals surface area contributed by atoms with Gasteiger partial charge in [-0.15, -0.1) is 0 Å². The molecular weight excluding hydrogens is 456 g/mol. The number of nitrogens with one attached hydrogen (secondary N) is 1. The SMILES string of the molecule is O=C(CCCOc1ccccc1Br)NCc1ccc(S(=O)(=O)N2CCCC2)cc1. The third kappa shape index (κ3) is 6.04. The minimum atomic E-state index is -3.40. The van der Waals surface area contributed by atoms with Gasteiger partial charge < -0.3 is 10.1 Å². The third-order valence-electron chi connectivity index (χ3n) is 4.76. The first kappa shape index (κ1) is 21.8. The van der Waals surface area contributed by atoms with Crippen molar-refractivity contribution in [1.82, 2.24) is 9.62 Å². The van der Waals surface area contributed by atoms with Gasteiger partial charge in [0.05, 0.1) is 16.0 Å². The van der Waals surface area contributed by atoms with Crippen LogP contribution in [0.5, 0.6) is 5.75 Å². The molecule has 2 aromatic rings. The minimum Gasteiger partial charge on any atom is -0.492 e. The molecule has 0 spiro atoms. The van der Waals surface area contributed by atoms with Crippen LogP contribution in [0.1, 0.15) is 31.2 Å². The van der Waals surface area contributed by atoms with Gasteiger partial charge in [-0.05, 0) is 65.0 Å². The molecule has 0 aromatic heterocycles. The number of carbonyl (C=O) groups excluding carboxylic acids is 1. The van der Waals surface area contributed by atoms with Gasteiger partial charge in [0.25, 0.3) is 0 Å². The standard InChI is InChI=1S/C21H25BrN2O4S/c22-19-6-1-2-7-20(19)28-15-5-8-21(25)23-16-17-9-11-18(12-10-17)29(26,27)24-13-3-4-14-24/h1-2,6-7,9-12H,3-5,8,13-16H2,(H,23,25). The number of carbonyl (C=O) groups is 1. The van der Waals surface area contributed by atoms with Crippen LogP contribution in [0.3, 0.4) is 0 Å². The smallest absolute Gasteiger partial charge is 0.243 e. The molecule has 3 rings (SSSR count). The molecule has 1 amide bonds. The molecule has 156 valence electrons. The van der Waals surface area contributed by atoms with E-state index in [0.717, 1.165) is 28.6 Å². The van der Waals surface area contributed by atoms with E-state index in [2.05, 4.69) is 21.2 Å². The van der Waals surface area contributed by atoms with Crippen LogP contribution in [0.25, 0.3) is 0 Å². The van der Waals surface area contributed by atoms with E-state index < -0.39 is 10.0 Å². The van der Waals surface area contributed by atoms with E-state index in [4.69, 9.17) is 4.74 Å². The number of halogens is 1.